The molecule has 0 saturated heterocycles. The van der Waals surface area contributed by atoms with Crippen molar-refractivity contribution < 1.29 is 30.8 Å². The molecule has 1 heterocycles. The smallest absolute Gasteiger partial charge is 0.371 e. The molecule has 1 fully saturated rings. The molecule has 0 bridgehead atoms. The molecule has 0 spiro atoms. The first-order valence-electron chi connectivity index (χ1n) is 14.0. The zero-order valence-electron chi connectivity index (χ0n) is 22.6. The number of halogens is 6. The summed E-state index contributed by atoms with van der Waals surface area (Å²) in [4.78, 5) is 2.41. The third-order valence-electron chi connectivity index (χ3n) is 8.64. The first-order valence-corrected chi connectivity index (χ1v) is 15.0. The van der Waals surface area contributed by atoms with Crippen LogP contribution in [0.5, 0.6) is 0 Å². The number of hydrogen-bond acceptors (Lipinski definition) is 3. The van der Waals surface area contributed by atoms with Gasteiger partial charge in [-0.25, -0.2) is 0 Å². The van der Waals surface area contributed by atoms with E-state index in [4.69, 9.17) is 5.73 Å². The summed E-state index contributed by atoms with van der Waals surface area (Å²) < 4.78 is 81.8. The fourth-order valence-corrected chi connectivity index (χ4v) is 7.47. The molecular weight excluding hydrogens is 548 g/mol. The molecule has 2 aromatic rings. The SMILES string of the molecule is CCN(CC1CCCC1)c1cc2c(cc1C[N+]1(Cc3cc(C(F)(F)F)cc(C(F)(F)F)c3)C=CSC1N)CCC2. The summed E-state index contributed by atoms with van der Waals surface area (Å²) in [6.45, 7) is 4.20. The number of nitrogens with two attached hydrogens (primary N) is 1. The van der Waals surface area contributed by atoms with E-state index in [2.05, 4.69) is 24.0 Å². The van der Waals surface area contributed by atoms with Gasteiger partial charge in [0.1, 0.15) is 19.3 Å². The molecule has 0 radical (unpaired) electrons. The van der Waals surface area contributed by atoms with E-state index in [1.54, 1.807) is 0 Å². The first kappa shape index (κ1) is 29.3. The Kier molecular flexibility index (Phi) is 8.25. The van der Waals surface area contributed by atoms with Gasteiger partial charge in [-0.1, -0.05) is 12.8 Å². The van der Waals surface area contributed by atoms with E-state index in [1.165, 1.54) is 48.6 Å². The van der Waals surface area contributed by atoms with Crippen molar-refractivity contribution in [2.75, 3.05) is 18.0 Å². The molecule has 0 aromatic heterocycles. The van der Waals surface area contributed by atoms with Crippen molar-refractivity contribution in [2.45, 2.75) is 82.8 Å². The molecule has 3 nitrogen and oxygen atoms in total. The Labute approximate surface area is 236 Å². The predicted molar refractivity (Wildman–Crippen MR) is 147 cm³/mol. The zero-order valence-corrected chi connectivity index (χ0v) is 23.4. The molecule has 2 aromatic carbocycles. The van der Waals surface area contributed by atoms with Gasteiger partial charge in [-0.05, 0) is 98.2 Å². The molecule has 2 N–H and O–H groups in total. The van der Waals surface area contributed by atoms with Crippen molar-refractivity contribution in [2.24, 2.45) is 11.7 Å². The first-order chi connectivity index (χ1) is 18.9. The quantitative estimate of drug-likeness (QED) is 0.251. The second-order valence-corrected chi connectivity index (χ2v) is 12.5. The van der Waals surface area contributed by atoms with Crippen LogP contribution in [0.2, 0.25) is 0 Å². The summed E-state index contributed by atoms with van der Waals surface area (Å²) >= 11 is 1.35. The number of anilines is 1. The summed E-state index contributed by atoms with van der Waals surface area (Å²) in [5.41, 5.74) is 8.15. The largest absolute Gasteiger partial charge is 0.416 e. The monoisotopic (exact) mass is 584 g/mol. The Balaban J connectivity index is 1.54. The van der Waals surface area contributed by atoms with Crippen molar-refractivity contribution in [3.8, 4) is 0 Å². The molecule has 2 atom stereocenters. The topological polar surface area (TPSA) is 29.3 Å². The van der Waals surface area contributed by atoms with E-state index in [1.807, 2.05) is 11.6 Å². The minimum absolute atomic E-state index is 0.0363. The third kappa shape index (κ3) is 6.19. The highest BCUT2D eigenvalue weighted by molar-refractivity contribution is 8.02. The summed E-state index contributed by atoms with van der Waals surface area (Å²) in [5, 5.41) is 1.81. The van der Waals surface area contributed by atoms with Gasteiger partial charge in [0, 0.05) is 35.3 Å². The molecule has 40 heavy (non-hydrogen) atoms. The van der Waals surface area contributed by atoms with Gasteiger partial charge in [0.15, 0.2) is 5.50 Å². The summed E-state index contributed by atoms with van der Waals surface area (Å²) in [6, 6.07) is 6.34. The minimum Gasteiger partial charge on any atom is -0.371 e. The van der Waals surface area contributed by atoms with Crippen molar-refractivity contribution in [1.29, 1.82) is 0 Å². The van der Waals surface area contributed by atoms with Gasteiger partial charge >= 0.3 is 12.4 Å². The van der Waals surface area contributed by atoms with Crippen LogP contribution in [0.15, 0.2) is 41.9 Å². The maximum absolute atomic E-state index is 13.6. The zero-order chi connectivity index (χ0) is 28.7. The second-order valence-electron chi connectivity index (χ2n) is 11.4. The lowest BCUT2D eigenvalue weighted by molar-refractivity contribution is -0.913. The van der Waals surface area contributed by atoms with Crippen molar-refractivity contribution in [3.63, 3.8) is 0 Å². The van der Waals surface area contributed by atoms with E-state index >= 15 is 0 Å². The highest BCUT2D eigenvalue weighted by Crippen LogP contribution is 2.42. The molecule has 2 aliphatic carbocycles. The van der Waals surface area contributed by atoms with Crippen LogP contribution >= 0.6 is 11.8 Å². The number of alkyl halides is 6. The minimum atomic E-state index is -4.90. The number of hydrogen-bond donors (Lipinski definition) is 1. The predicted octanol–water partition coefficient (Wildman–Crippen LogP) is 8.21. The van der Waals surface area contributed by atoms with Crippen molar-refractivity contribution in [1.82, 2.24) is 0 Å². The molecule has 3 aliphatic rings. The highest BCUT2D eigenvalue weighted by atomic mass is 32.2. The van der Waals surface area contributed by atoms with Crippen molar-refractivity contribution in [3.05, 3.63) is 75.3 Å². The average molecular weight is 585 g/mol. The number of thioether (sulfide) groups is 1. The van der Waals surface area contributed by atoms with E-state index in [0.29, 0.717) is 12.5 Å². The van der Waals surface area contributed by atoms with Crippen LogP contribution in [0.3, 0.4) is 0 Å². The molecule has 10 heteroatoms. The van der Waals surface area contributed by atoms with E-state index in [0.717, 1.165) is 55.7 Å². The average Bonchev–Trinajstić information content (AvgIpc) is 3.63. The standard InChI is InChI=1S/C30H36F6N3S/c1-2-38(17-20-6-3-4-7-20)27-15-23-9-5-8-22(23)14-24(27)19-39(10-11-40-28(39)37)18-21-12-25(29(31,32)33)16-26(13-21)30(34,35)36/h10-16,20,28H,2-9,17-19,37H2,1H3/q+1. The van der Waals surface area contributed by atoms with Crippen LogP contribution in [0.4, 0.5) is 32.0 Å². The van der Waals surface area contributed by atoms with Crippen LogP contribution in [-0.4, -0.2) is 23.1 Å². The lowest BCUT2D eigenvalue weighted by Crippen LogP contribution is -2.50. The molecule has 218 valence electrons. The van der Waals surface area contributed by atoms with E-state index in [-0.39, 0.29) is 22.7 Å². The maximum atomic E-state index is 13.6. The summed E-state index contributed by atoms with van der Waals surface area (Å²) in [6.07, 6.45) is 0.0111. The third-order valence-corrected chi connectivity index (χ3v) is 9.62. The number of fused-ring (bicyclic) bond motifs is 1. The number of aryl methyl sites for hydroxylation is 2. The fourth-order valence-electron chi connectivity index (χ4n) is 6.54. The molecule has 1 saturated carbocycles. The normalized spacial score (nSPS) is 23.2. The van der Waals surface area contributed by atoms with Gasteiger partial charge in [0.05, 0.1) is 11.1 Å². The van der Waals surface area contributed by atoms with E-state index < -0.39 is 29.0 Å². The van der Waals surface area contributed by atoms with Gasteiger partial charge in [-0.15, -0.1) is 0 Å². The molecule has 1 aliphatic heterocycles. The molecule has 5 rings (SSSR count). The van der Waals surface area contributed by atoms with Gasteiger partial charge in [0.25, 0.3) is 0 Å². The molecule has 2 unspecified atom stereocenters. The Morgan fingerprint density at radius 2 is 1.50 bits per heavy atom. The Bertz CT molecular complexity index is 1220. The highest BCUT2D eigenvalue weighted by Gasteiger charge is 2.41. The van der Waals surface area contributed by atoms with E-state index in [9.17, 15) is 26.3 Å². The van der Waals surface area contributed by atoms with Gasteiger partial charge < -0.3 is 4.90 Å². The lowest BCUT2D eigenvalue weighted by atomic mass is 9.99. The van der Waals surface area contributed by atoms with Crippen molar-refractivity contribution >= 4 is 17.4 Å². The van der Waals surface area contributed by atoms with Gasteiger partial charge in [0.2, 0.25) is 0 Å². The Morgan fingerprint density at radius 1 is 0.875 bits per heavy atom. The second kappa shape index (κ2) is 11.2. The molecular formula is C30H36F6N3S+. The lowest BCUT2D eigenvalue weighted by Gasteiger charge is -2.38. The number of nitrogens with zero attached hydrogens (tertiary/aromatic N) is 2. The Hall–Kier alpha value is -2.17. The fraction of sp³-hybridized carbons (Fsp3) is 0.533. The summed E-state index contributed by atoms with van der Waals surface area (Å²) in [7, 11) is 0. The maximum Gasteiger partial charge on any atom is 0.416 e. The van der Waals surface area contributed by atoms with Crippen LogP contribution in [-0.2, 0) is 38.3 Å². The Morgan fingerprint density at radius 3 is 2.05 bits per heavy atom. The van der Waals surface area contributed by atoms with Crippen LogP contribution in [0, 0.1) is 5.92 Å². The van der Waals surface area contributed by atoms with Crippen LogP contribution in [0.1, 0.15) is 72.4 Å². The van der Waals surface area contributed by atoms with Crippen LogP contribution in [0.25, 0.3) is 0 Å². The van der Waals surface area contributed by atoms with Gasteiger partial charge in [-0.2, -0.15) is 26.3 Å². The van der Waals surface area contributed by atoms with Gasteiger partial charge in [-0.3, -0.25) is 10.2 Å². The number of benzene rings is 2. The summed E-state index contributed by atoms with van der Waals surface area (Å²) in [5.74, 6) is 0.625. The number of quaternary nitrogens is 1. The molecule has 0 amide bonds. The van der Waals surface area contributed by atoms with Crippen LogP contribution < -0.4 is 10.6 Å². The number of rotatable bonds is 8.